The van der Waals surface area contributed by atoms with Crippen LogP contribution in [0.2, 0.25) is 0 Å². The summed E-state index contributed by atoms with van der Waals surface area (Å²) in [6.45, 7) is 0.850. The lowest BCUT2D eigenvalue weighted by Crippen LogP contribution is -2.51. The van der Waals surface area contributed by atoms with Gasteiger partial charge in [0.1, 0.15) is 5.78 Å². The van der Waals surface area contributed by atoms with Crippen molar-refractivity contribution in [3.8, 4) is 0 Å². The first-order valence-corrected chi connectivity index (χ1v) is 9.12. The molecular weight excluding hydrogens is 308 g/mol. The van der Waals surface area contributed by atoms with Gasteiger partial charge in [-0.15, -0.1) is 0 Å². The van der Waals surface area contributed by atoms with Crippen molar-refractivity contribution in [3.63, 3.8) is 0 Å². The fourth-order valence-corrected chi connectivity index (χ4v) is 4.88. The van der Waals surface area contributed by atoms with E-state index < -0.39 is 0 Å². The molecule has 2 aliphatic rings. The molecule has 0 N–H and O–H groups in total. The zero-order chi connectivity index (χ0) is 17.0. The van der Waals surface area contributed by atoms with Crippen molar-refractivity contribution in [3.05, 3.63) is 71.4 Å². The molecule has 1 aromatic heterocycles. The van der Waals surface area contributed by atoms with Gasteiger partial charge in [0.05, 0.1) is 12.1 Å². The van der Waals surface area contributed by atoms with Gasteiger partial charge in [-0.05, 0) is 30.0 Å². The maximum absolute atomic E-state index is 12.7. The van der Waals surface area contributed by atoms with Gasteiger partial charge in [-0.3, -0.25) is 9.69 Å². The Kier molecular flexibility index (Phi) is 3.32. The van der Waals surface area contributed by atoms with Crippen molar-refractivity contribution in [2.75, 3.05) is 0 Å². The Morgan fingerprint density at radius 2 is 1.76 bits per heavy atom. The summed E-state index contributed by atoms with van der Waals surface area (Å²) < 4.78 is 2.36. The van der Waals surface area contributed by atoms with Crippen LogP contribution in [0.1, 0.15) is 35.7 Å². The Hall–Kier alpha value is -2.39. The minimum atomic E-state index is 0.0252. The second kappa shape index (κ2) is 5.57. The summed E-state index contributed by atoms with van der Waals surface area (Å²) in [5, 5.41) is 1.32. The van der Waals surface area contributed by atoms with E-state index in [4.69, 9.17) is 0 Å². The number of ketones is 1. The van der Waals surface area contributed by atoms with Crippen molar-refractivity contribution in [2.24, 2.45) is 7.05 Å². The normalized spacial score (nSPS) is 23.0. The second-order valence-corrected chi connectivity index (χ2v) is 7.34. The highest BCUT2D eigenvalue weighted by atomic mass is 16.1. The molecule has 3 nitrogen and oxygen atoms in total. The third-order valence-electron chi connectivity index (χ3n) is 6.02. The van der Waals surface area contributed by atoms with Gasteiger partial charge in [0, 0.05) is 36.6 Å². The molecule has 1 saturated heterocycles. The molecule has 2 bridgehead atoms. The van der Waals surface area contributed by atoms with Crippen LogP contribution in [0.5, 0.6) is 0 Å². The highest BCUT2D eigenvalue weighted by Gasteiger charge is 2.43. The molecule has 5 rings (SSSR count). The first-order valence-electron chi connectivity index (χ1n) is 9.12. The van der Waals surface area contributed by atoms with E-state index in [1.165, 1.54) is 27.7 Å². The fraction of sp³-hybridized carbons (Fsp3) is 0.318. The molecule has 3 heterocycles. The Morgan fingerprint density at radius 3 is 2.60 bits per heavy atom. The van der Waals surface area contributed by atoms with Crippen LogP contribution in [-0.4, -0.2) is 21.3 Å². The Bertz CT molecular complexity index is 957. The van der Waals surface area contributed by atoms with E-state index in [0.717, 1.165) is 19.4 Å². The van der Waals surface area contributed by atoms with E-state index in [9.17, 15) is 4.79 Å². The lowest BCUT2D eigenvalue weighted by Gasteiger charge is -2.45. The summed E-state index contributed by atoms with van der Waals surface area (Å²) in [5.74, 6) is 0.408. The zero-order valence-electron chi connectivity index (χ0n) is 14.5. The van der Waals surface area contributed by atoms with Gasteiger partial charge >= 0.3 is 0 Å². The highest BCUT2D eigenvalue weighted by molar-refractivity contribution is 5.90. The fourth-order valence-electron chi connectivity index (χ4n) is 4.88. The molecule has 2 aromatic carbocycles. The topological polar surface area (TPSA) is 25.2 Å². The average Bonchev–Trinajstić information content (AvgIpc) is 2.92. The molecular formula is C22H22N2O. The largest absolute Gasteiger partial charge is 0.346 e. The number of hydrogen-bond donors (Lipinski definition) is 0. The van der Waals surface area contributed by atoms with Gasteiger partial charge in [-0.25, -0.2) is 0 Å². The third-order valence-corrected chi connectivity index (χ3v) is 6.02. The highest BCUT2D eigenvalue weighted by Crippen LogP contribution is 2.44. The van der Waals surface area contributed by atoms with Crippen LogP contribution >= 0.6 is 0 Å². The van der Waals surface area contributed by atoms with Crippen LogP contribution in [0.3, 0.4) is 0 Å². The Labute approximate surface area is 147 Å². The maximum atomic E-state index is 12.7. The van der Waals surface area contributed by atoms with Gasteiger partial charge in [0.15, 0.2) is 0 Å². The van der Waals surface area contributed by atoms with E-state index in [-0.39, 0.29) is 6.04 Å². The molecule has 0 spiro atoms. The molecule has 126 valence electrons. The number of Topliss-reactive ketones (excluding diaryl/α,β-unsaturated/α-hetero) is 1. The van der Waals surface area contributed by atoms with Gasteiger partial charge in [0.25, 0.3) is 0 Å². The number of fused-ring (bicyclic) bond motifs is 6. The molecule has 2 aliphatic heterocycles. The number of aromatic nitrogens is 1. The van der Waals surface area contributed by atoms with E-state index in [1.54, 1.807) is 0 Å². The molecule has 2 atom stereocenters. The van der Waals surface area contributed by atoms with Crippen molar-refractivity contribution >= 4 is 16.7 Å². The minimum absolute atomic E-state index is 0.0252. The van der Waals surface area contributed by atoms with Crippen molar-refractivity contribution in [1.82, 2.24) is 9.47 Å². The first kappa shape index (κ1) is 14.9. The number of nitrogens with zero attached hydrogens (tertiary/aromatic N) is 2. The van der Waals surface area contributed by atoms with Crippen LogP contribution in [0, 0.1) is 0 Å². The lowest BCUT2D eigenvalue weighted by atomic mass is 9.81. The molecule has 0 unspecified atom stereocenters. The number of rotatable bonds is 2. The summed E-state index contributed by atoms with van der Waals surface area (Å²) in [6, 6.07) is 19.5. The second-order valence-electron chi connectivity index (χ2n) is 7.34. The van der Waals surface area contributed by atoms with Crippen molar-refractivity contribution in [1.29, 1.82) is 0 Å². The minimum Gasteiger partial charge on any atom is -0.346 e. The van der Waals surface area contributed by atoms with E-state index in [2.05, 4.69) is 65.0 Å². The van der Waals surface area contributed by atoms with Gasteiger partial charge in [-0.1, -0.05) is 48.5 Å². The molecule has 0 aliphatic carbocycles. The average molecular weight is 330 g/mol. The first-order chi connectivity index (χ1) is 12.2. The van der Waals surface area contributed by atoms with E-state index >= 15 is 0 Å². The summed E-state index contributed by atoms with van der Waals surface area (Å²) in [6.07, 6.45) is 2.49. The summed E-state index contributed by atoms with van der Waals surface area (Å²) in [5.41, 5.74) is 5.38. The molecule has 0 amide bonds. The number of hydrogen-bond acceptors (Lipinski definition) is 2. The SMILES string of the molecule is Cn1c2c(c3ccccc31)C[C@H]1C(=O)CC[C@@H]2N1Cc1ccccc1. The monoisotopic (exact) mass is 330 g/mol. The van der Waals surface area contributed by atoms with Gasteiger partial charge < -0.3 is 4.57 Å². The Morgan fingerprint density at radius 1 is 1.00 bits per heavy atom. The van der Waals surface area contributed by atoms with Crippen LogP contribution in [-0.2, 0) is 24.8 Å². The number of carbonyl (C=O) groups excluding carboxylic acids is 1. The summed E-state index contributed by atoms with van der Waals surface area (Å²) in [7, 11) is 2.18. The van der Waals surface area contributed by atoms with Gasteiger partial charge in [-0.2, -0.15) is 0 Å². The van der Waals surface area contributed by atoms with E-state index in [1.807, 2.05) is 6.07 Å². The molecule has 1 fully saturated rings. The van der Waals surface area contributed by atoms with Crippen LogP contribution < -0.4 is 0 Å². The summed E-state index contributed by atoms with van der Waals surface area (Å²) >= 11 is 0. The standard InChI is InChI=1S/C22H22N2O/c1-23-18-10-6-5-9-16(18)17-13-20-21(25)12-11-19(22(17)23)24(20)14-15-7-3-2-4-8-15/h2-10,19-20H,11-14H2,1H3/t19-,20-/m0/s1. The zero-order valence-corrected chi connectivity index (χ0v) is 14.5. The molecule has 3 heteroatoms. The molecule has 25 heavy (non-hydrogen) atoms. The molecule has 3 aromatic rings. The smallest absolute Gasteiger partial charge is 0.150 e. The lowest BCUT2D eigenvalue weighted by molar-refractivity contribution is -0.130. The quantitative estimate of drug-likeness (QED) is 0.709. The Balaban J connectivity index is 1.65. The molecule has 0 saturated carbocycles. The predicted octanol–water partition coefficient (Wildman–Crippen LogP) is 4.01. The number of benzene rings is 2. The number of aryl methyl sites for hydroxylation is 1. The van der Waals surface area contributed by atoms with Crippen LogP contribution in [0.15, 0.2) is 54.6 Å². The molecule has 0 radical (unpaired) electrons. The third kappa shape index (κ3) is 2.19. The van der Waals surface area contributed by atoms with Crippen molar-refractivity contribution in [2.45, 2.75) is 37.9 Å². The number of piperidine rings is 1. The van der Waals surface area contributed by atoms with Crippen molar-refractivity contribution < 1.29 is 4.79 Å². The van der Waals surface area contributed by atoms with Gasteiger partial charge in [0.2, 0.25) is 0 Å². The number of para-hydroxylation sites is 1. The van der Waals surface area contributed by atoms with Crippen LogP contribution in [0.4, 0.5) is 0 Å². The predicted molar refractivity (Wildman–Crippen MR) is 99.4 cm³/mol. The van der Waals surface area contributed by atoms with E-state index in [0.29, 0.717) is 18.2 Å². The van der Waals surface area contributed by atoms with Crippen LogP contribution in [0.25, 0.3) is 10.9 Å². The summed E-state index contributed by atoms with van der Waals surface area (Å²) in [4.78, 5) is 15.2. The number of carbonyl (C=O) groups is 1. The maximum Gasteiger partial charge on any atom is 0.150 e.